The molecular weight excluding hydrogens is 236 g/mol. The Morgan fingerprint density at radius 2 is 1.35 bits per heavy atom. The number of carbonyl (C=O) groups is 2. The lowest BCUT2D eigenvalue weighted by Gasteiger charge is -2.19. The van der Waals surface area contributed by atoms with E-state index in [1.54, 1.807) is 0 Å². The van der Waals surface area contributed by atoms with Gasteiger partial charge in [0.15, 0.2) is 12.2 Å². The number of hydrogen-bond donors (Lipinski definition) is 4. The zero-order valence-electron chi connectivity index (χ0n) is 9.28. The topological polar surface area (TPSA) is 134 Å². The summed E-state index contributed by atoms with van der Waals surface area (Å²) in [5.41, 5.74) is 0. The average molecular weight is 252 g/mol. The van der Waals surface area contributed by atoms with E-state index in [1.807, 2.05) is 0 Å². The van der Waals surface area contributed by atoms with Crippen LogP contribution in [0, 0.1) is 0 Å². The molecule has 0 saturated heterocycles. The van der Waals surface area contributed by atoms with E-state index >= 15 is 0 Å². The van der Waals surface area contributed by atoms with E-state index in [1.165, 1.54) is 6.92 Å². The van der Waals surface area contributed by atoms with Crippen LogP contribution in [-0.4, -0.2) is 64.1 Å². The fraction of sp³-hybridized carbons (Fsp3) is 0.778. The maximum absolute atomic E-state index is 11.0. The largest absolute Gasteiger partial charge is 0.423 e. The Morgan fingerprint density at radius 3 is 1.59 bits per heavy atom. The molecule has 0 aliphatic heterocycles. The van der Waals surface area contributed by atoms with E-state index < -0.39 is 43.7 Å². The SMILES string of the molecule is CCC(OC(=O)C(O)CO)OC(=O)C(O)CO. The number of carbonyl (C=O) groups excluding carboxylic acids is 2. The maximum atomic E-state index is 11.0. The molecule has 100 valence electrons. The van der Waals surface area contributed by atoms with Crippen LogP contribution >= 0.6 is 0 Å². The third kappa shape index (κ3) is 5.59. The first-order chi connectivity index (χ1) is 7.96. The number of ether oxygens (including phenoxy) is 2. The summed E-state index contributed by atoms with van der Waals surface area (Å²) < 4.78 is 9.07. The Kier molecular flexibility index (Phi) is 7.39. The molecule has 0 fully saturated rings. The molecule has 0 aromatic rings. The second-order valence-electron chi connectivity index (χ2n) is 3.11. The Bertz CT molecular complexity index is 229. The van der Waals surface area contributed by atoms with Crippen molar-refractivity contribution in [2.75, 3.05) is 13.2 Å². The number of aliphatic hydroxyl groups is 4. The first kappa shape index (κ1) is 15.8. The predicted octanol–water partition coefficient (Wildman–Crippen LogP) is -2.48. The van der Waals surface area contributed by atoms with Crippen molar-refractivity contribution >= 4 is 11.9 Å². The van der Waals surface area contributed by atoms with Gasteiger partial charge >= 0.3 is 11.9 Å². The van der Waals surface area contributed by atoms with Gasteiger partial charge in [-0.3, -0.25) is 0 Å². The molecule has 17 heavy (non-hydrogen) atoms. The van der Waals surface area contributed by atoms with Gasteiger partial charge in [0, 0.05) is 6.42 Å². The number of rotatable bonds is 7. The molecule has 8 nitrogen and oxygen atoms in total. The molecule has 0 rings (SSSR count). The molecule has 0 heterocycles. The molecule has 0 bridgehead atoms. The van der Waals surface area contributed by atoms with Crippen molar-refractivity contribution in [1.29, 1.82) is 0 Å². The molecule has 0 spiro atoms. The molecule has 4 N–H and O–H groups in total. The van der Waals surface area contributed by atoms with Gasteiger partial charge < -0.3 is 29.9 Å². The van der Waals surface area contributed by atoms with Crippen LogP contribution in [0.1, 0.15) is 13.3 Å². The van der Waals surface area contributed by atoms with Crippen LogP contribution in [0.3, 0.4) is 0 Å². The normalized spacial score (nSPS) is 15.8. The van der Waals surface area contributed by atoms with Crippen molar-refractivity contribution in [3.05, 3.63) is 0 Å². The van der Waals surface area contributed by atoms with Crippen molar-refractivity contribution in [2.45, 2.75) is 31.8 Å². The van der Waals surface area contributed by atoms with Crippen molar-refractivity contribution in [2.24, 2.45) is 0 Å². The maximum Gasteiger partial charge on any atom is 0.340 e. The molecule has 8 heteroatoms. The van der Waals surface area contributed by atoms with Crippen molar-refractivity contribution in [3.63, 3.8) is 0 Å². The fourth-order valence-electron chi connectivity index (χ4n) is 0.756. The highest BCUT2D eigenvalue weighted by atomic mass is 16.7. The fourth-order valence-corrected chi connectivity index (χ4v) is 0.756. The highest BCUT2D eigenvalue weighted by Crippen LogP contribution is 2.04. The first-order valence-corrected chi connectivity index (χ1v) is 4.95. The molecule has 0 aliphatic rings. The van der Waals surface area contributed by atoms with E-state index in [0.29, 0.717) is 0 Å². The molecule has 0 amide bonds. The van der Waals surface area contributed by atoms with Gasteiger partial charge in [-0.25, -0.2) is 9.59 Å². The summed E-state index contributed by atoms with van der Waals surface area (Å²) in [5, 5.41) is 34.7. The zero-order valence-corrected chi connectivity index (χ0v) is 9.28. The Balaban J connectivity index is 4.25. The molecular formula is C9H16O8. The van der Waals surface area contributed by atoms with E-state index in [0.717, 1.165) is 0 Å². The number of hydrogen-bond acceptors (Lipinski definition) is 8. The van der Waals surface area contributed by atoms with E-state index in [-0.39, 0.29) is 6.42 Å². The highest BCUT2D eigenvalue weighted by Gasteiger charge is 2.25. The minimum absolute atomic E-state index is 0.0910. The molecule has 0 aromatic carbocycles. The summed E-state index contributed by atoms with van der Waals surface area (Å²) in [6.07, 6.45) is -4.64. The van der Waals surface area contributed by atoms with Crippen LogP contribution in [0.2, 0.25) is 0 Å². The summed E-state index contributed by atoms with van der Waals surface area (Å²) >= 11 is 0. The van der Waals surface area contributed by atoms with Gasteiger partial charge in [0.05, 0.1) is 13.2 Å². The van der Waals surface area contributed by atoms with Crippen molar-refractivity contribution < 1.29 is 39.5 Å². The van der Waals surface area contributed by atoms with Gasteiger partial charge in [-0.2, -0.15) is 0 Å². The van der Waals surface area contributed by atoms with Crippen LogP contribution in [0.5, 0.6) is 0 Å². The van der Waals surface area contributed by atoms with Crippen LogP contribution in [0.15, 0.2) is 0 Å². The predicted molar refractivity (Wildman–Crippen MR) is 52.4 cm³/mol. The Labute approximate surface area is 97.4 Å². The lowest BCUT2D eigenvalue weighted by Crippen LogP contribution is -2.35. The van der Waals surface area contributed by atoms with Gasteiger partial charge in [0.25, 0.3) is 0 Å². The Morgan fingerprint density at radius 1 is 1.00 bits per heavy atom. The second-order valence-corrected chi connectivity index (χ2v) is 3.11. The van der Waals surface area contributed by atoms with Crippen molar-refractivity contribution in [3.8, 4) is 0 Å². The average Bonchev–Trinajstić information content (AvgIpc) is 2.35. The number of aliphatic hydroxyl groups excluding tert-OH is 4. The van der Waals surface area contributed by atoms with Gasteiger partial charge in [-0.1, -0.05) is 6.92 Å². The van der Waals surface area contributed by atoms with Gasteiger partial charge in [-0.15, -0.1) is 0 Å². The summed E-state index contributed by atoms with van der Waals surface area (Å²) in [7, 11) is 0. The smallest absolute Gasteiger partial charge is 0.340 e. The molecule has 0 aliphatic carbocycles. The minimum Gasteiger partial charge on any atom is -0.423 e. The number of esters is 2. The quantitative estimate of drug-likeness (QED) is 0.289. The molecule has 2 atom stereocenters. The third-order valence-electron chi connectivity index (χ3n) is 1.72. The Hall–Kier alpha value is -1.22. The minimum atomic E-state index is -1.72. The molecule has 0 aromatic heterocycles. The van der Waals surface area contributed by atoms with Crippen LogP contribution < -0.4 is 0 Å². The van der Waals surface area contributed by atoms with Gasteiger partial charge in [-0.05, 0) is 0 Å². The zero-order chi connectivity index (χ0) is 13.4. The molecule has 0 saturated carbocycles. The van der Waals surface area contributed by atoms with Crippen LogP contribution in [0.25, 0.3) is 0 Å². The highest BCUT2D eigenvalue weighted by molar-refractivity contribution is 5.76. The van der Waals surface area contributed by atoms with Gasteiger partial charge in [0.1, 0.15) is 0 Å². The standard InChI is InChI=1S/C9H16O8/c1-2-7(16-8(14)5(12)3-10)17-9(15)6(13)4-11/h5-7,10-13H,2-4H2,1H3. The van der Waals surface area contributed by atoms with E-state index in [4.69, 9.17) is 20.4 Å². The molecule has 2 unspecified atom stereocenters. The van der Waals surface area contributed by atoms with Gasteiger partial charge in [0.2, 0.25) is 6.29 Å². The lowest BCUT2D eigenvalue weighted by atomic mass is 10.3. The summed E-state index contributed by atoms with van der Waals surface area (Å²) in [6, 6.07) is 0. The lowest BCUT2D eigenvalue weighted by molar-refractivity contribution is -0.200. The van der Waals surface area contributed by atoms with E-state index in [9.17, 15) is 9.59 Å². The van der Waals surface area contributed by atoms with Crippen molar-refractivity contribution in [1.82, 2.24) is 0 Å². The monoisotopic (exact) mass is 252 g/mol. The van der Waals surface area contributed by atoms with E-state index in [2.05, 4.69) is 9.47 Å². The first-order valence-electron chi connectivity index (χ1n) is 4.95. The van der Waals surface area contributed by atoms with Crippen LogP contribution in [-0.2, 0) is 19.1 Å². The van der Waals surface area contributed by atoms with Crippen LogP contribution in [0.4, 0.5) is 0 Å². The summed E-state index contributed by atoms with van der Waals surface area (Å²) in [5.74, 6) is -2.30. The third-order valence-corrected chi connectivity index (χ3v) is 1.72. The summed E-state index contributed by atoms with van der Waals surface area (Å²) in [4.78, 5) is 22.1. The summed E-state index contributed by atoms with van der Waals surface area (Å²) in [6.45, 7) is -0.104. The molecule has 0 radical (unpaired) electrons. The second kappa shape index (κ2) is 7.96.